The lowest BCUT2D eigenvalue weighted by Gasteiger charge is -2.26. The second-order valence-corrected chi connectivity index (χ2v) is 5.54. The van der Waals surface area contributed by atoms with Gasteiger partial charge in [-0.1, -0.05) is 20.8 Å². The van der Waals surface area contributed by atoms with E-state index in [2.05, 4.69) is 41.9 Å². The second-order valence-electron chi connectivity index (χ2n) is 5.54. The zero-order chi connectivity index (χ0) is 9.78. The summed E-state index contributed by atoms with van der Waals surface area (Å²) < 4.78 is 1.10. The van der Waals surface area contributed by atoms with E-state index in [0.717, 1.165) is 16.3 Å². The summed E-state index contributed by atoms with van der Waals surface area (Å²) >= 11 is 0. The molecule has 0 radical (unpaired) electrons. The summed E-state index contributed by atoms with van der Waals surface area (Å²) in [5.74, 6) is 1.75. The highest BCUT2D eigenvalue weighted by atomic mass is 15.3. The molecule has 0 saturated heterocycles. The highest BCUT2D eigenvalue weighted by Gasteiger charge is 2.11. The molecule has 12 heavy (non-hydrogen) atoms. The summed E-state index contributed by atoms with van der Waals surface area (Å²) in [4.78, 5) is 0. The molecule has 0 fully saturated rings. The smallest absolute Gasteiger partial charge is 0.0783 e. The topological polar surface area (TPSA) is 0 Å². The fourth-order valence-corrected chi connectivity index (χ4v) is 1.53. The van der Waals surface area contributed by atoms with Gasteiger partial charge in [0.15, 0.2) is 0 Å². The van der Waals surface area contributed by atoms with Crippen LogP contribution in [0.25, 0.3) is 0 Å². The molecule has 1 atom stereocenters. The van der Waals surface area contributed by atoms with E-state index in [-0.39, 0.29) is 0 Å². The quantitative estimate of drug-likeness (QED) is 0.559. The van der Waals surface area contributed by atoms with E-state index >= 15 is 0 Å². The molecule has 0 aliphatic carbocycles. The number of nitrogens with zero attached hydrogens (tertiary/aromatic N) is 1. The Balaban J connectivity index is 3.51. The first kappa shape index (κ1) is 12.0. The molecule has 0 aromatic heterocycles. The van der Waals surface area contributed by atoms with Crippen LogP contribution in [0.4, 0.5) is 0 Å². The van der Waals surface area contributed by atoms with Crippen molar-refractivity contribution in [3.05, 3.63) is 0 Å². The van der Waals surface area contributed by atoms with E-state index < -0.39 is 0 Å². The molecule has 0 heterocycles. The average molecular weight is 172 g/mol. The Hall–Kier alpha value is -0.0400. The monoisotopic (exact) mass is 172 g/mol. The van der Waals surface area contributed by atoms with Crippen molar-refractivity contribution in [2.75, 3.05) is 27.7 Å². The highest BCUT2D eigenvalue weighted by molar-refractivity contribution is 4.55. The molecule has 0 spiro atoms. The molecule has 0 bridgehead atoms. The molecule has 74 valence electrons. The van der Waals surface area contributed by atoms with Crippen molar-refractivity contribution in [3.8, 4) is 0 Å². The Morgan fingerprint density at radius 3 is 1.83 bits per heavy atom. The van der Waals surface area contributed by atoms with E-state index in [1.54, 1.807) is 0 Å². The Morgan fingerprint density at radius 1 is 1.00 bits per heavy atom. The third-order valence-electron chi connectivity index (χ3n) is 2.17. The Labute approximate surface area is 78.4 Å². The van der Waals surface area contributed by atoms with Crippen LogP contribution < -0.4 is 0 Å². The lowest BCUT2D eigenvalue weighted by atomic mass is 9.96. The first-order valence-corrected chi connectivity index (χ1v) is 5.11. The fourth-order valence-electron chi connectivity index (χ4n) is 1.53. The van der Waals surface area contributed by atoms with Crippen LogP contribution in [0.5, 0.6) is 0 Å². The Morgan fingerprint density at radius 2 is 1.50 bits per heavy atom. The summed E-state index contributed by atoms with van der Waals surface area (Å²) in [5, 5.41) is 0. The zero-order valence-corrected chi connectivity index (χ0v) is 9.72. The minimum absolute atomic E-state index is 0.854. The predicted molar refractivity (Wildman–Crippen MR) is 56.1 cm³/mol. The van der Waals surface area contributed by atoms with Crippen LogP contribution in [-0.2, 0) is 0 Å². The molecule has 0 aliphatic heterocycles. The van der Waals surface area contributed by atoms with Crippen LogP contribution in [0.15, 0.2) is 0 Å². The van der Waals surface area contributed by atoms with Gasteiger partial charge in [0, 0.05) is 0 Å². The van der Waals surface area contributed by atoms with E-state index in [0.29, 0.717) is 0 Å². The summed E-state index contributed by atoms with van der Waals surface area (Å²) in [6.07, 6.45) is 2.74. The van der Waals surface area contributed by atoms with Crippen LogP contribution in [0.1, 0.15) is 33.6 Å². The van der Waals surface area contributed by atoms with Gasteiger partial charge < -0.3 is 4.48 Å². The summed E-state index contributed by atoms with van der Waals surface area (Å²) in [7, 11) is 6.80. The molecular formula is C11H26N+. The van der Waals surface area contributed by atoms with Crippen molar-refractivity contribution in [1.82, 2.24) is 0 Å². The van der Waals surface area contributed by atoms with Crippen molar-refractivity contribution < 1.29 is 4.48 Å². The molecule has 0 amide bonds. The average Bonchev–Trinajstić information content (AvgIpc) is 1.80. The molecule has 0 aromatic carbocycles. The maximum Gasteiger partial charge on any atom is 0.0783 e. The molecule has 1 unspecified atom stereocenters. The van der Waals surface area contributed by atoms with Crippen molar-refractivity contribution in [2.45, 2.75) is 33.6 Å². The van der Waals surface area contributed by atoms with Gasteiger partial charge in [0.2, 0.25) is 0 Å². The molecule has 0 rings (SSSR count). The van der Waals surface area contributed by atoms with Gasteiger partial charge in [-0.2, -0.15) is 0 Å². The number of rotatable bonds is 5. The molecule has 0 aromatic rings. The van der Waals surface area contributed by atoms with Crippen LogP contribution in [0.2, 0.25) is 0 Å². The van der Waals surface area contributed by atoms with Crippen LogP contribution in [0.3, 0.4) is 0 Å². The number of quaternary nitrogens is 1. The Kier molecular flexibility index (Phi) is 4.84. The highest BCUT2D eigenvalue weighted by Crippen LogP contribution is 2.15. The summed E-state index contributed by atoms with van der Waals surface area (Å²) in [5.41, 5.74) is 0. The first-order chi connectivity index (χ1) is 5.31. The first-order valence-electron chi connectivity index (χ1n) is 5.11. The minimum atomic E-state index is 0.854. The third kappa shape index (κ3) is 8.06. The predicted octanol–water partition coefficient (Wildman–Crippen LogP) is 2.76. The lowest BCUT2D eigenvalue weighted by Crippen LogP contribution is -2.36. The van der Waals surface area contributed by atoms with E-state index in [1.807, 2.05) is 0 Å². The van der Waals surface area contributed by atoms with E-state index in [9.17, 15) is 0 Å². The maximum absolute atomic E-state index is 2.37. The molecule has 0 N–H and O–H groups in total. The van der Waals surface area contributed by atoms with Gasteiger partial charge in [-0.15, -0.1) is 0 Å². The van der Waals surface area contributed by atoms with Gasteiger partial charge >= 0.3 is 0 Å². The van der Waals surface area contributed by atoms with Gasteiger partial charge in [0.05, 0.1) is 27.7 Å². The van der Waals surface area contributed by atoms with Crippen molar-refractivity contribution in [1.29, 1.82) is 0 Å². The number of hydrogen-bond donors (Lipinski definition) is 0. The maximum atomic E-state index is 2.37. The molecule has 0 aliphatic rings. The van der Waals surface area contributed by atoms with Gasteiger partial charge in [-0.3, -0.25) is 0 Å². The second kappa shape index (κ2) is 4.86. The largest absolute Gasteiger partial charge is 0.331 e. The van der Waals surface area contributed by atoms with Gasteiger partial charge in [-0.25, -0.2) is 0 Å². The molecule has 0 saturated carbocycles. The fraction of sp³-hybridized carbons (Fsp3) is 1.00. The van der Waals surface area contributed by atoms with Crippen LogP contribution >= 0.6 is 0 Å². The van der Waals surface area contributed by atoms with Gasteiger partial charge in [0.25, 0.3) is 0 Å². The number of hydrogen-bond acceptors (Lipinski definition) is 0. The van der Waals surface area contributed by atoms with Crippen molar-refractivity contribution >= 4 is 0 Å². The summed E-state index contributed by atoms with van der Waals surface area (Å²) in [6, 6.07) is 0. The van der Waals surface area contributed by atoms with Crippen LogP contribution in [0, 0.1) is 11.8 Å². The van der Waals surface area contributed by atoms with Gasteiger partial charge in [0.1, 0.15) is 0 Å². The molecule has 1 heteroatoms. The standard InChI is InChI=1S/C11H26N/c1-10(2)9-11(3)7-8-12(4,5)6/h10-11H,7-9H2,1-6H3/q+1. The SMILES string of the molecule is CC(C)CC(C)CC[N+](C)(C)C. The molecule has 1 nitrogen and oxygen atoms in total. The van der Waals surface area contributed by atoms with Crippen molar-refractivity contribution in [2.24, 2.45) is 11.8 Å². The molecular weight excluding hydrogens is 146 g/mol. The van der Waals surface area contributed by atoms with Crippen molar-refractivity contribution in [3.63, 3.8) is 0 Å². The van der Waals surface area contributed by atoms with E-state index in [4.69, 9.17) is 0 Å². The lowest BCUT2D eigenvalue weighted by molar-refractivity contribution is -0.870. The minimum Gasteiger partial charge on any atom is -0.331 e. The zero-order valence-electron chi connectivity index (χ0n) is 9.72. The van der Waals surface area contributed by atoms with Gasteiger partial charge in [-0.05, 0) is 24.7 Å². The third-order valence-corrected chi connectivity index (χ3v) is 2.17. The normalized spacial score (nSPS) is 15.2. The summed E-state index contributed by atoms with van der Waals surface area (Å²) in [6.45, 7) is 8.29. The Bertz CT molecular complexity index is 111. The van der Waals surface area contributed by atoms with E-state index in [1.165, 1.54) is 19.4 Å². The van der Waals surface area contributed by atoms with Crippen LogP contribution in [-0.4, -0.2) is 32.2 Å².